The minimum Gasteiger partial charge on any atom is -0.0654 e. The molecule has 0 N–H and O–H groups in total. The lowest BCUT2D eigenvalue weighted by molar-refractivity contribution is 0.744. The zero-order chi connectivity index (χ0) is 9.36. The molecule has 0 aliphatic rings. The van der Waals surface area contributed by atoms with Crippen molar-refractivity contribution in [2.24, 2.45) is 0 Å². The Balaban J connectivity index is 2.07. The molecule has 1 radical (unpaired) electrons. The van der Waals surface area contributed by atoms with Gasteiger partial charge in [-0.25, -0.2) is 0 Å². The summed E-state index contributed by atoms with van der Waals surface area (Å²) in [4.78, 5) is 0. The molecule has 0 saturated heterocycles. The second-order valence-corrected chi connectivity index (χ2v) is 3.46. The van der Waals surface area contributed by atoms with E-state index in [0.717, 1.165) is 0 Å². The third kappa shape index (κ3) is 4.72. The zero-order valence-corrected chi connectivity index (χ0v) is 8.50. The first-order chi connectivity index (χ1) is 6.43. The van der Waals surface area contributed by atoms with Gasteiger partial charge in [-0.3, -0.25) is 0 Å². The Bertz CT molecular complexity index is 201. The Kier molecular flexibility index (Phi) is 5.31. The van der Waals surface area contributed by atoms with Gasteiger partial charge < -0.3 is 0 Å². The Morgan fingerprint density at radius 2 is 1.85 bits per heavy atom. The standard InChI is InChI=1S/C13H19/c1-2-3-4-5-7-10-13-11-8-6-9-12-13/h5-6,8-9,11-12H,2-4,7,10H2,1H3. The van der Waals surface area contributed by atoms with Gasteiger partial charge in [-0.1, -0.05) is 56.5 Å². The fourth-order valence-corrected chi connectivity index (χ4v) is 1.41. The maximum absolute atomic E-state index is 2.41. The highest BCUT2D eigenvalue weighted by atomic mass is 14.0. The van der Waals surface area contributed by atoms with Crippen LogP contribution in [0.5, 0.6) is 0 Å². The van der Waals surface area contributed by atoms with Gasteiger partial charge in [0.2, 0.25) is 0 Å². The van der Waals surface area contributed by atoms with E-state index in [9.17, 15) is 0 Å². The van der Waals surface area contributed by atoms with Crippen molar-refractivity contribution in [1.82, 2.24) is 0 Å². The molecule has 0 atom stereocenters. The molecule has 13 heavy (non-hydrogen) atoms. The van der Waals surface area contributed by atoms with E-state index < -0.39 is 0 Å². The van der Waals surface area contributed by atoms with Gasteiger partial charge >= 0.3 is 0 Å². The van der Waals surface area contributed by atoms with Crippen LogP contribution in [0.4, 0.5) is 0 Å². The Morgan fingerprint density at radius 3 is 2.54 bits per heavy atom. The summed E-state index contributed by atoms with van der Waals surface area (Å²) in [5.41, 5.74) is 1.45. The number of rotatable bonds is 6. The summed E-state index contributed by atoms with van der Waals surface area (Å²) in [6.45, 7) is 2.24. The van der Waals surface area contributed by atoms with E-state index in [-0.39, 0.29) is 0 Å². The molecule has 0 amide bonds. The highest BCUT2D eigenvalue weighted by molar-refractivity contribution is 5.14. The third-order valence-electron chi connectivity index (χ3n) is 2.24. The smallest absolute Gasteiger partial charge is 0.0276 e. The number of hydrogen-bond donors (Lipinski definition) is 0. The third-order valence-corrected chi connectivity index (χ3v) is 2.24. The molecule has 1 rings (SSSR count). The normalized spacial score (nSPS) is 10.2. The lowest BCUT2D eigenvalue weighted by Gasteiger charge is -2.00. The minimum atomic E-state index is 1.20. The lowest BCUT2D eigenvalue weighted by Crippen LogP contribution is -1.85. The molecule has 0 nitrogen and oxygen atoms in total. The number of benzene rings is 1. The van der Waals surface area contributed by atoms with E-state index in [4.69, 9.17) is 0 Å². The van der Waals surface area contributed by atoms with Crippen molar-refractivity contribution >= 4 is 0 Å². The Morgan fingerprint density at radius 1 is 1.08 bits per heavy atom. The summed E-state index contributed by atoms with van der Waals surface area (Å²) < 4.78 is 0. The van der Waals surface area contributed by atoms with Crippen molar-refractivity contribution in [2.75, 3.05) is 0 Å². The molecule has 1 aromatic carbocycles. The second-order valence-electron chi connectivity index (χ2n) is 3.46. The topological polar surface area (TPSA) is 0 Å². The van der Waals surface area contributed by atoms with Crippen molar-refractivity contribution in [3.63, 3.8) is 0 Å². The molecule has 0 heteroatoms. The van der Waals surface area contributed by atoms with E-state index in [1.54, 1.807) is 0 Å². The largest absolute Gasteiger partial charge is 0.0654 e. The second kappa shape index (κ2) is 6.71. The molecule has 0 unspecified atom stereocenters. The lowest BCUT2D eigenvalue weighted by atomic mass is 10.1. The zero-order valence-electron chi connectivity index (χ0n) is 8.50. The summed E-state index contributed by atoms with van der Waals surface area (Å²) in [5.74, 6) is 0. The van der Waals surface area contributed by atoms with Crippen LogP contribution in [0.1, 0.15) is 38.2 Å². The Hall–Kier alpha value is -0.780. The Labute approximate surface area is 82.0 Å². The van der Waals surface area contributed by atoms with E-state index >= 15 is 0 Å². The highest BCUT2D eigenvalue weighted by Crippen LogP contribution is 2.07. The molecule has 0 saturated carbocycles. The maximum Gasteiger partial charge on any atom is -0.0276 e. The molecular weight excluding hydrogens is 156 g/mol. The molecule has 1 aromatic rings. The van der Waals surface area contributed by atoms with Crippen molar-refractivity contribution in [1.29, 1.82) is 0 Å². The molecule has 0 bridgehead atoms. The molecule has 0 heterocycles. The molecular formula is C13H19. The molecule has 0 aromatic heterocycles. The van der Waals surface area contributed by atoms with Crippen LogP contribution < -0.4 is 0 Å². The average molecular weight is 175 g/mol. The number of aryl methyl sites for hydroxylation is 1. The van der Waals surface area contributed by atoms with Crippen molar-refractivity contribution in [3.8, 4) is 0 Å². The summed E-state index contributed by atoms with van der Waals surface area (Å²) in [6.07, 6.45) is 8.77. The van der Waals surface area contributed by atoms with Crippen LogP contribution in [0.15, 0.2) is 30.3 Å². The fraction of sp³-hybridized carbons (Fsp3) is 0.462. The van der Waals surface area contributed by atoms with Crippen LogP contribution in [0, 0.1) is 6.42 Å². The van der Waals surface area contributed by atoms with Gasteiger partial charge in [0, 0.05) is 0 Å². The molecule has 0 aliphatic carbocycles. The van der Waals surface area contributed by atoms with Crippen LogP contribution in [0.3, 0.4) is 0 Å². The summed E-state index contributed by atoms with van der Waals surface area (Å²) >= 11 is 0. The summed E-state index contributed by atoms with van der Waals surface area (Å²) in [5, 5.41) is 0. The first-order valence-corrected chi connectivity index (χ1v) is 5.29. The number of hydrogen-bond acceptors (Lipinski definition) is 0. The van der Waals surface area contributed by atoms with Crippen molar-refractivity contribution in [2.45, 2.75) is 39.0 Å². The van der Waals surface area contributed by atoms with Gasteiger partial charge in [0.1, 0.15) is 0 Å². The molecule has 0 fully saturated rings. The molecule has 0 spiro atoms. The van der Waals surface area contributed by atoms with Crippen LogP contribution >= 0.6 is 0 Å². The van der Waals surface area contributed by atoms with Crippen LogP contribution in [0.2, 0.25) is 0 Å². The van der Waals surface area contributed by atoms with Gasteiger partial charge in [-0.15, -0.1) is 0 Å². The molecule has 71 valence electrons. The summed E-state index contributed by atoms with van der Waals surface area (Å²) in [6, 6.07) is 10.7. The van der Waals surface area contributed by atoms with Gasteiger partial charge in [-0.05, 0) is 24.8 Å². The van der Waals surface area contributed by atoms with Crippen molar-refractivity contribution in [3.05, 3.63) is 42.3 Å². The predicted octanol–water partition coefficient (Wildman–Crippen LogP) is 4.01. The first-order valence-electron chi connectivity index (χ1n) is 5.29. The van der Waals surface area contributed by atoms with E-state index in [0.29, 0.717) is 0 Å². The van der Waals surface area contributed by atoms with E-state index in [1.165, 1.54) is 37.7 Å². The monoisotopic (exact) mass is 175 g/mol. The average Bonchev–Trinajstić information content (AvgIpc) is 2.19. The SMILES string of the molecule is CCCC[CH]CCc1ccccc1. The van der Waals surface area contributed by atoms with Gasteiger partial charge in [0.25, 0.3) is 0 Å². The maximum atomic E-state index is 2.41. The quantitative estimate of drug-likeness (QED) is 0.573. The van der Waals surface area contributed by atoms with Crippen molar-refractivity contribution < 1.29 is 0 Å². The fourth-order valence-electron chi connectivity index (χ4n) is 1.41. The van der Waals surface area contributed by atoms with Gasteiger partial charge in [-0.2, -0.15) is 0 Å². The van der Waals surface area contributed by atoms with Gasteiger partial charge in [0.15, 0.2) is 0 Å². The highest BCUT2D eigenvalue weighted by Gasteiger charge is 1.91. The van der Waals surface area contributed by atoms with Crippen LogP contribution in [-0.2, 0) is 6.42 Å². The van der Waals surface area contributed by atoms with Crippen LogP contribution in [0.25, 0.3) is 0 Å². The minimum absolute atomic E-state index is 1.20. The van der Waals surface area contributed by atoms with E-state index in [2.05, 4.69) is 43.7 Å². The number of unbranched alkanes of at least 4 members (excludes halogenated alkanes) is 4. The predicted molar refractivity (Wildman–Crippen MR) is 58.6 cm³/mol. The van der Waals surface area contributed by atoms with Crippen LogP contribution in [-0.4, -0.2) is 0 Å². The van der Waals surface area contributed by atoms with E-state index in [1.807, 2.05) is 0 Å². The molecule has 0 aliphatic heterocycles. The first kappa shape index (κ1) is 10.3. The van der Waals surface area contributed by atoms with Gasteiger partial charge in [0.05, 0.1) is 0 Å². The summed E-state index contributed by atoms with van der Waals surface area (Å²) in [7, 11) is 0.